The minimum Gasteiger partial charge on any atom is -0.464 e. The van der Waals surface area contributed by atoms with Gasteiger partial charge in [0.1, 0.15) is 5.69 Å². The van der Waals surface area contributed by atoms with Crippen molar-refractivity contribution in [3.8, 4) is 6.07 Å². The number of likely N-dealkylation sites (N-methyl/N-ethyl adjacent to an activating group) is 1. The van der Waals surface area contributed by atoms with Gasteiger partial charge in [-0.2, -0.15) is 5.26 Å². The second-order valence-corrected chi connectivity index (χ2v) is 7.99. The summed E-state index contributed by atoms with van der Waals surface area (Å²) in [6.07, 6.45) is 5.35. The highest BCUT2D eigenvalue weighted by molar-refractivity contribution is 5.85. The Morgan fingerprint density at radius 2 is 1.74 bits per heavy atom. The van der Waals surface area contributed by atoms with E-state index in [1.165, 1.54) is 12.8 Å². The maximum Gasteiger partial charge on any atom is 0.329 e. The number of ether oxygens (including phenoxy) is 1. The van der Waals surface area contributed by atoms with Gasteiger partial charge in [-0.25, -0.2) is 9.97 Å². The Labute approximate surface area is 185 Å². The van der Waals surface area contributed by atoms with Crippen LogP contribution in [-0.4, -0.2) is 60.2 Å². The Bertz CT molecular complexity index is 902. The van der Waals surface area contributed by atoms with Gasteiger partial charge in [0, 0.05) is 26.2 Å². The molecule has 0 N–H and O–H groups in total. The number of hydrogen-bond acceptors (Lipinski definition) is 7. The number of carbonyl (C=O) groups excluding carboxylic acids is 1. The third-order valence-corrected chi connectivity index (χ3v) is 5.83. The number of nitrogens with zero attached hydrogens (tertiary/aromatic N) is 5. The van der Waals surface area contributed by atoms with Gasteiger partial charge in [-0.05, 0) is 25.1 Å². The van der Waals surface area contributed by atoms with E-state index in [9.17, 15) is 10.1 Å². The monoisotopic (exact) mass is 423 g/mol. The van der Waals surface area contributed by atoms with E-state index in [0.717, 1.165) is 57.5 Å². The van der Waals surface area contributed by atoms with Gasteiger partial charge in [-0.15, -0.1) is 0 Å². The lowest BCUT2D eigenvalue weighted by Gasteiger charge is -2.35. The number of carbonyl (C=O) groups is 1. The Morgan fingerprint density at radius 1 is 1.06 bits per heavy atom. The molecule has 1 aromatic heterocycles. The van der Waals surface area contributed by atoms with Gasteiger partial charge in [0.05, 0.1) is 23.7 Å². The fourth-order valence-electron chi connectivity index (χ4n) is 3.89. The molecule has 0 bridgehead atoms. The van der Waals surface area contributed by atoms with E-state index in [2.05, 4.69) is 29.7 Å². The minimum atomic E-state index is -1.08. The highest BCUT2D eigenvalue weighted by atomic mass is 16.5. The van der Waals surface area contributed by atoms with Crippen LogP contribution in [0.25, 0.3) is 11.0 Å². The Morgan fingerprint density at radius 3 is 2.39 bits per heavy atom. The van der Waals surface area contributed by atoms with Crippen LogP contribution >= 0.6 is 0 Å². The summed E-state index contributed by atoms with van der Waals surface area (Å²) in [6, 6.07) is 9.71. The number of esters is 1. The van der Waals surface area contributed by atoms with Crippen LogP contribution in [0.4, 0.5) is 5.82 Å². The average molecular weight is 424 g/mol. The van der Waals surface area contributed by atoms with Crippen molar-refractivity contribution in [2.75, 3.05) is 44.2 Å². The predicted octanol–water partition coefficient (Wildman–Crippen LogP) is 3.89. The molecule has 2 aromatic rings. The van der Waals surface area contributed by atoms with Crippen molar-refractivity contribution in [1.29, 1.82) is 5.26 Å². The van der Waals surface area contributed by atoms with Crippen molar-refractivity contribution in [3.05, 3.63) is 30.0 Å². The number of rotatable bonds is 10. The van der Waals surface area contributed by atoms with Crippen LogP contribution in [0.1, 0.15) is 57.6 Å². The lowest BCUT2D eigenvalue weighted by atomic mass is 10.1. The van der Waals surface area contributed by atoms with Crippen molar-refractivity contribution in [3.63, 3.8) is 0 Å². The van der Waals surface area contributed by atoms with Crippen molar-refractivity contribution in [1.82, 2.24) is 14.9 Å². The molecule has 3 rings (SSSR count). The Balaban J connectivity index is 1.80. The number of para-hydroxylation sites is 2. The summed E-state index contributed by atoms with van der Waals surface area (Å²) < 4.78 is 5.46. The molecule has 0 radical (unpaired) electrons. The molecular formula is C24H33N5O2. The van der Waals surface area contributed by atoms with Crippen molar-refractivity contribution in [2.45, 2.75) is 51.9 Å². The molecule has 1 aromatic carbocycles. The van der Waals surface area contributed by atoms with Crippen molar-refractivity contribution >= 4 is 22.8 Å². The average Bonchev–Trinajstić information content (AvgIpc) is 2.81. The highest BCUT2D eigenvalue weighted by Gasteiger charge is 2.31. The fourth-order valence-corrected chi connectivity index (χ4v) is 3.89. The van der Waals surface area contributed by atoms with Gasteiger partial charge in [-0.1, -0.05) is 51.7 Å². The molecule has 7 heteroatoms. The first-order valence-electron chi connectivity index (χ1n) is 11.5. The molecule has 1 atom stereocenters. The topological polar surface area (TPSA) is 82.3 Å². The number of benzene rings is 1. The van der Waals surface area contributed by atoms with E-state index in [4.69, 9.17) is 14.7 Å². The molecule has 166 valence electrons. The summed E-state index contributed by atoms with van der Waals surface area (Å²) in [7, 11) is 0. The number of hydrogen-bond donors (Lipinski definition) is 0. The molecule has 1 aliphatic heterocycles. The van der Waals surface area contributed by atoms with E-state index >= 15 is 0 Å². The van der Waals surface area contributed by atoms with Gasteiger partial charge in [0.25, 0.3) is 0 Å². The van der Waals surface area contributed by atoms with Gasteiger partial charge >= 0.3 is 5.97 Å². The normalized spacial score (nSPS) is 15.6. The van der Waals surface area contributed by atoms with Crippen LogP contribution in [-0.2, 0) is 9.53 Å². The Kier molecular flexibility index (Phi) is 8.60. The van der Waals surface area contributed by atoms with Crippen molar-refractivity contribution < 1.29 is 9.53 Å². The van der Waals surface area contributed by atoms with Crippen LogP contribution in [0.5, 0.6) is 0 Å². The summed E-state index contributed by atoms with van der Waals surface area (Å²) in [5, 5.41) is 9.85. The van der Waals surface area contributed by atoms with Gasteiger partial charge in [0.15, 0.2) is 11.7 Å². The molecule has 0 saturated carbocycles. The second-order valence-electron chi connectivity index (χ2n) is 7.99. The highest BCUT2D eigenvalue weighted by Crippen LogP contribution is 2.28. The molecular weight excluding hydrogens is 390 g/mol. The number of piperazine rings is 1. The summed E-state index contributed by atoms with van der Waals surface area (Å²) in [6.45, 7) is 9.09. The molecule has 0 unspecified atom stereocenters. The number of anilines is 1. The number of fused-ring (bicyclic) bond motifs is 1. The fraction of sp³-hybridized carbons (Fsp3) is 0.583. The first-order chi connectivity index (χ1) is 15.2. The number of nitriles is 1. The van der Waals surface area contributed by atoms with E-state index in [-0.39, 0.29) is 0 Å². The molecule has 0 spiro atoms. The van der Waals surface area contributed by atoms with E-state index < -0.39 is 11.9 Å². The number of unbranched alkanes of at least 4 members (excludes halogenated alkanes) is 4. The molecule has 2 heterocycles. The Hall–Kier alpha value is -2.72. The zero-order valence-corrected chi connectivity index (χ0v) is 18.7. The third-order valence-electron chi connectivity index (χ3n) is 5.83. The molecule has 0 amide bonds. The van der Waals surface area contributed by atoms with Crippen LogP contribution < -0.4 is 4.90 Å². The molecule has 1 saturated heterocycles. The summed E-state index contributed by atoms with van der Waals surface area (Å²) in [5.41, 5.74) is 1.85. The van der Waals surface area contributed by atoms with Crippen LogP contribution in [0, 0.1) is 11.3 Å². The quantitative estimate of drug-likeness (QED) is 0.423. The molecule has 0 aliphatic carbocycles. The van der Waals surface area contributed by atoms with Gasteiger partial charge in [-0.3, -0.25) is 4.79 Å². The molecule has 1 fully saturated rings. The number of aromatic nitrogens is 2. The lowest BCUT2D eigenvalue weighted by Crippen LogP contribution is -2.47. The van der Waals surface area contributed by atoms with Crippen LogP contribution in [0.3, 0.4) is 0 Å². The van der Waals surface area contributed by atoms with Gasteiger partial charge in [0.2, 0.25) is 0 Å². The van der Waals surface area contributed by atoms with E-state index in [0.29, 0.717) is 23.6 Å². The zero-order chi connectivity index (χ0) is 22.1. The van der Waals surface area contributed by atoms with Crippen molar-refractivity contribution in [2.24, 2.45) is 0 Å². The smallest absolute Gasteiger partial charge is 0.329 e. The van der Waals surface area contributed by atoms with Crippen LogP contribution in [0.15, 0.2) is 24.3 Å². The maximum absolute atomic E-state index is 12.8. The SMILES string of the molecule is CCCCCCCOC(=O)[C@@H](C#N)c1nc2ccccc2nc1N1CCN(CC)CC1. The van der Waals surface area contributed by atoms with E-state index in [1.54, 1.807) is 0 Å². The maximum atomic E-state index is 12.8. The summed E-state index contributed by atoms with van der Waals surface area (Å²) in [4.78, 5) is 26.8. The standard InChI is InChI=1S/C24H33N5O2/c1-3-5-6-7-10-17-31-24(30)19(18-25)22-23(29-15-13-28(4-2)14-16-29)27-21-12-9-8-11-20(21)26-22/h8-9,11-12,19H,3-7,10,13-17H2,1-2H3/t19-/m0/s1. The summed E-state index contributed by atoms with van der Waals surface area (Å²) >= 11 is 0. The molecule has 1 aliphatic rings. The third kappa shape index (κ3) is 5.92. The minimum absolute atomic E-state index is 0.340. The largest absolute Gasteiger partial charge is 0.464 e. The van der Waals surface area contributed by atoms with E-state index in [1.807, 2.05) is 24.3 Å². The van der Waals surface area contributed by atoms with Crippen LogP contribution in [0.2, 0.25) is 0 Å². The lowest BCUT2D eigenvalue weighted by molar-refractivity contribution is -0.144. The molecule has 31 heavy (non-hydrogen) atoms. The predicted molar refractivity (Wildman–Crippen MR) is 122 cm³/mol. The first-order valence-corrected chi connectivity index (χ1v) is 11.5. The zero-order valence-electron chi connectivity index (χ0n) is 18.7. The second kappa shape index (κ2) is 11.6. The molecule has 7 nitrogen and oxygen atoms in total. The summed E-state index contributed by atoms with van der Waals surface area (Å²) in [5.74, 6) is -0.983. The van der Waals surface area contributed by atoms with Gasteiger partial charge < -0.3 is 14.5 Å². The first kappa shape index (κ1) is 23.0.